The molecule has 172 valence electrons. The number of benzene rings is 3. The molecule has 0 spiro atoms. The zero-order valence-electron chi connectivity index (χ0n) is 18.4. The summed E-state index contributed by atoms with van der Waals surface area (Å²) in [6.45, 7) is 0.849. The minimum atomic E-state index is -0.469. The zero-order valence-corrected chi connectivity index (χ0v) is 19.9. The Hall–Kier alpha value is -3.09. The number of ether oxygens (including phenoxy) is 1. The Morgan fingerprint density at radius 3 is 2.59 bits per heavy atom. The highest BCUT2D eigenvalue weighted by Crippen LogP contribution is 2.35. The van der Waals surface area contributed by atoms with E-state index in [2.05, 4.69) is 39.9 Å². The van der Waals surface area contributed by atoms with Crippen molar-refractivity contribution in [3.63, 3.8) is 0 Å². The predicted molar refractivity (Wildman–Crippen MR) is 140 cm³/mol. The van der Waals surface area contributed by atoms with Crippen molar-refractivity contribution in [3.8, 4) is 11.4 Å². The summed E-state index contributed by atoms with van der Waals surface area (Å²) in [5.74, 6) is 0.806. The summed E-state index contributed by atoms with van der Waals surface area (Å²) >= 11 is 12.8. The highest BCUT2D eigenvalue weighted by Gasteiger charge is 2.38. The second-order valence-electron chi connectivity index (χ2n) is 8.16. The smallest absolute Gasteiger partial charge is 0.198 e. The molecule has 2 atom stereocenters. The monoisotopic (exact) mass is 492 g/mol. The normalized spacial score (nSPS) is 19.9. The summed E-state index contributed by atoms with van der Waals surface area (Å²) in [6, 6.07) is 26.4. The number of alkyl halides is 1. The van der Waals surface area contributed by atoms with Crippen molar-refractivity contribution >= 4 is 46.1 Å². The molecule has 1 aliphatic heterocycles. The predicted octanol–water partition coefficient (Wildman–Crippen LogP) is 6.20. The maximum atomic E-state index is 9.75. The van der Waals surface area contributed by atoms with E-state index < -0.39 is 5.50 Å². The molecule has 0 saturated carbocycles. The molecule has 0 aliphatic carbocycles. The molecule has 0 bridgehead atoms. The largest absolute Gasteiger partial charge is 0.487 e. The standard InChI is InChI=1S/C27H24Cl2N3O2/c28-26-17-27(29)32(14-15-33,19-30-26)22-10-11-23-21(16-22)12-13-31(23)24-8-4-5-9-25(24)34-18-20-6-2-1-3-7-20/h1-13,16-17,19,27,33H,14-15,18H2/q+1. The van der Waals surface area contributed by atoms with Gasteiger partial charge in [0.15, 0.2) is 11.8 Å². The van der Waals surface area contributed by atoms with Gasteiger partial charge in [-0.1, -0.05) is 65.7 Å². The van der Waals surface area contributed by atoms with Gasteiger partial charge >= 0.3 is 0 Å². The molecule has 0 saturated heterocycles. The van der Waals surface area contributed by atoms with Gasteiger partial charge in [-0.25, -0.2) is 4.48 Å². The van der Waals surface area contributed by atoms with Crippen molar-refractivity contribution in [1.29, 1.82) is 0 Å². The van der Waals surface area contributed by atoms with Crippen molar-refractivity contribution < 1.29 is 9.84 Å². The third-order valence-electron chi connectivity index (χ3n) is 6.09. The molecule has 7 heteroatoms. The molecule has 1 aliphatic rings. The molecule has 4 aromatic rings. The molecule has 1 aromatic heterocycles. The lowest BCUT2D eigenvalue weighted by atomic mass is 10.1. The van der Waals surface area contributed by atoms with Gasteiger partial charge in [0.2, 0.25) is 0 Å². The fraction of sp³-hybridized carbons (Fsp3) is 0.148. The highest BCUT2D eigenvalue weighted by atomic mass is 35.5. The topological polar surface area (TPSA) is 46.8 Å². The molecule has 5 nitrogen and oxygen atoms in total. The van der Waals surface area contributed by atoms with Crippen LogP contribution in [0.15, 0.2) is 101 Å². The van der Waals surface area contributed by atoms with Crippen molar-refractivity contribution in [1.82, 2.24) is 9.05 Å². The zero-order chi connectivity index (χ0) is 23.5. The Labute approximate surface area is 208 Å². The fourth-order valence-electron chi connectivity index (χ4n) is 4.31. The van der Waals surface area contributed by atoms with Gasteiger partial charge in [-0.2, -0.15) is 4.99 Å². The highest BCUT2D eigenvalue weighted by molar-refractivity contribution is 6.32. The number of aliphatic imine (C=N–C) groups is 1. The fourth-order valence-corrected chi connectivity index (χ4v) is 4.92. The van der Waals surface area contributed by atoms with Crippen LogP contribution < -0.4 is 9.22 Å². The van der Waals surface area contributed by atoms with Gasteiger partial charge in [0.05, 0.1) is 17.8 Å². The number of aromatic nitrogens is 1. The number of hydrogen-bond donors (Lipinski definition) is 1. The number of aliphatic hydroxyl groups is 1. The lowest BCUT2D eigenvalue weighted by molar-refractivity contribution is 0.252. The number of para-hydroxylation sites is 2. The third-order valence-corrected chi connectivity index (χ3v) is 6.79. The van der Waals surface area contributed by atoms with Crippen LogP contribution in [0.3, 0.4) is 0 Å². The Morgan fingerprint density at radius 2 is 1.79 bits per heavy atom. The summed E-state index contributed by atoms with van der Waals surface area (Å²) < 4.78 is 8.49. The molecule has 0 fully saturated rings. The molecule has 0 amide bonds. The van der Waals surface area contributed by atoms with Crippen molar-refractivity contribution in [2.45, 2.75) is 12.1 Å². The van der Waals surface area contributed by atoms with Gasteiger partial charge in [-0.15, -0.1) is 0 Å². The third kappa shape index (κ3) is 4.24. The first-order valence-corrected chi connectivity index (χ1v) is 11.8. The molecule has 5 rings (SSSR count). The number of fused-ring (bicyclic) bond motifs is 1. The molecule has 2 unspecified atom stereocenters. The van der Waals surface area contributed by atoms with E-state index in [-0.39, 0.29) is 11.1 Å². The first kappa shape index (κ1) is 22.7. The maximum Gasteiger partial charge on any atom is 0.198 e. The second-order valence-corrected chi connectivity index (χ2v) is 8.99. The maximum absolute atomic E-state index is 9.75. The van der Waals surface area contributed by atoms with Crippen LogP contribution >= 0.6 is 23.2 Å². The summed E-state index contributed by atoms with van der Waals surface area (Å²) in [5, 5.41) is 11.1. The van der Waals surface area contributed by atoms with Crippen LogP contribution in [0, 0.1) is 0 Å². The van der Waals surface area contributed by atoms with E-state index in [0.29, 0.717) is 18.3 Å². The Morgan fingerprint density at radius 1 is 1.00 bits per heavy atom. The van der Waals surface area contributed by atoms with Gasteiger partial charge < -0.3 is 14.4 Å². The second kappa shape index (κ2) is 9.65. The first-order chi connectivity index (χ1) is 16.6. The van der Waals surface area contributed by atoms with E-state index >= 15 is 0 Å². The van der Waals surface area contributed by atoms with Crippen LogP contribution in [0.4, 0.5) is 5.69 Å². The summed E-state index contributed by atoms with van der Waals surface area (Å²) in [5.41, 5.74) is 3.58. The van der Waals surface area contributed by atoms with Crippen molar-refractivity contribution in [2.75, 3.05) is 13.2 Å². The Balaban J connectivity index is 1.50. The van der Waals surface area contributed by atoms with E-state index in [1.165, 1.54) is 0 Å². The van der Waals surface area contributed by atoms with Crippen LogP contribution in [0.2, 0.25) is 0 Å². The summed E-state index contributed by atoms with van der Waals surface area (Å²) in [4.78, 5) is 4.28. The number of rotatable bonds is 7. The van der Waals surface area contributed by atoms with E-state index in [4.69, 9.17) is 27.9 Å². The van der Waals surface area contributed by atoms with Crippen LogP contribution in [0.25, 0.3) is 16.6 Å². The van der Waals surface area contributed by atoms with Crippen molar-refractivity contribution in [2.24, 2.45) is 4.99 Å². The Kier molecular flexibility index (Phi) is 6.44. The molecular weight excluding hydrogens is 469 g/mol. The molecule has 0 radical (unpaired) electrons. The van der Waals surface area contributed by atoms with E-state index in [9.17, 15) is 5.11 Å². The SMILES string of the molecule is OCC[N+]1(c2ccc3c(ccn3-c3ccccc3OCc3ccccc3)c2)C=NC(Cl)=CC1Cl. The van der Waals surface area contributed by atoms with Crippen molar-refractivity contribution in [3.05, 3.63) is 102 Å². The van der Waals surface area contributed by atoms with Crippen LogP contribution in [0.1, 0.15) is 5.56 Å². The van der Waals surface area contributed by atoms with Gasteiger partial charge in [-0.05, 0) is 29.8 Å². The summed E-state index contributed by atoms with van der Waals surface area (Å²) in [6.07, 6.45) is 5.45. The van der Waals surface area contributed by atoms with E-state index in [0.717, 1.165) is 33.6 Å². The number of halogens is 2. The van der Waals surface area contributed by atoms with Gasteiger partial charge in [0, 0.05) is 29.8 Å². The minimum Gasteiger partial charge on any atom is -0.487 e. The quantitative estimate of drug-likeness (QED) is 0.189. The average Bonchev–Trinajstić information content (AvgIpc) is 3.29. The Bertz CT molecular complexity index is 1370. The first-order valence-electron chi connectivity index (χ1n) is 11.0. The lowest BCUT2D eigenvalue weighted by Gasteiger charge is -2.37. The van der Waals surface area contributed by atoms with E-state index in [1.54, 1.807) is 12.4 Å². The molecular formula is C27H24Cl2N3O2+. The van der Waals surface area contributed by atoms with Gasteiger partial charge in [0.25, 0.3) is 0 Å². The molecule has 2 heterocycles. The van der Waals surface area contributed by atoms with Gasteiger partial charge in [0.1, 0.15) is 29.7 Å². The lowest BCUT2D eigenvalue weighted by Crippen LogP contribution is -2.55. The average molecular weight is 493 g/mol. The van der Waals surface area contributed by atoms with Crippen LogP contribution in [-0.4, -0.2) is 34.7 Å². The van der Waals surface area contributed by atoms with E-state index in [1.807, 2.05) is 54.7 Å². The number of quaternary nitrogens is 1. The minimum absolute atomic E-state index is 0.0358. The molecule has 1 N–H and O–H groups in total. The molecule has 3 aromatic carbocycles. The number of nitrogens with zero attached hydrogens (tertiary/aromatic N) is 3. The van der Waals surface area contributed by atoms with Gasteiger partial charge in [-0.3, -0.25) is 0 Å². The van der Waals surface area contributed by atoms with Crippen LogP contribution in [0.5, 0.6) is 5.75 Å². The van der Waals surface area contributed by atoms with Crippen LogP contribution in [-0.2, 0) is 6.61 Å². The summed E-state index contributed by atoms with van der Waals surface area (Å²) in [7, 11) is 0. The molecule has 34 heavy (non-hydrogen) atoms. The number of hydrogen-bond acceptors (Lipinski definition) is 3. The number of aliphatic hydroxyl groups excluding tert-OH is 1.